The van der Waals surface area contributed by atoms with Gasteiger partial charge in [0.15, 0.2) is 6.23 Å². The van der Waals surface area contributed by atoms with Gasteiger partial charge in [-0.2, -0.15) is 5.48 Å². The zero-order valence-electron chi connectivity index (χ0n) is 15.5. The summed E-state index contributed by atoms with van der Waals surface area (Å²) in [6.45, 7) is 2.25. The molecule has 0 radical (unpaired) electrons. The van der Waals surface area contributed by atoms with E-state index in [2.05, 4.69) is 0 Å². The largest absolute Gasteiger partial charge is 0.377 e. The van der Waals surface area contributed by atoms with E-state index in [1.165, 1.54) is 0 Å². The number of nitrogens with one attached hydrogen (secondary N) is 2. The molecule has 0 heterocycles. The molecule has 7 nitrogen and oxygen atoms in total. The van der Waals surface area contributed by atoms with Crippen molar-refractivity contribution in [2.45, 2.75) is 38.0 Å². The van der Waals surface area contributed by atoms with Crippen LogP contribution in [-0.4, -0.2) is 34.1 Å². The number of ether oxygens (including phenoxy) is 1. The van der Waals surface area contributed by atoms with E-state index in [9.17, 15) is 9.90 Å². The smallest absolute Gasteiger partial charge is 0.245 e. The molecule has 0 bridgehead atoms. The fraction of sp³-hybridized carbons (Fsp3) is 0.350. The summed E-state index contributed by atoms with van der Waals surface area (Å²) < 4.78 is 5.83. The van der Waals surface area contributed by atoms with E-state index in [1.807, 2.05) is 31.2 Å². The molecular weight excluding hydrogens is 384 g/mol. The third-order valence-corrected chi connectivity index (χ3v) is 4.76. The Balaban J connectivity index is 2.35. The maximum atomic E-state index is 11.8. The lowest BCUT2D eigenvalue weighted by atomic mass is 9.85. The van der Waals surface area contributed by atoms with Crippen LogP contribution in [0.15, 0.2) is 48.5 Å². The number of hydrogen-bond donors (Lipinski definition) is 5. The van der Waals surface area contributed by atoms with Crippen molar-refractivity contribution in [2.75, 3.05) is 6.61 Å². The van der Waals surface area contributed by atoms with Crippen LogP contribution in [0.25, 0.3) is 0 Å². The van der Waals surface area contributed by atoms with Crippen LogP contribution in [0.4, 0.5) is 0 Å². The summed E-state index contributed by atoms with van der Waals surface area (Å²) in [5, 5.41) is 28.1. The van der Waals surface area contributed by atoms with E-state index in [1.54, 1.807) is 35.2 Å². The number of carbonyl (C=O) groups is 1. The van der Waals surface area contributed by atoms with Gasteiger partial charge in [-0.05, 0) is 42.2 Å². The van der Waals surface area contributed by atoms with Crippen LogP contribution in [0.2, 0.25) is 5.02 Å². The predicted octanol–water partition coefficient (Wildman–Crippen LogP) is 2.94. The number of halogens is 1. The monoisotopic (exact) mass is 408 g/mol. The second-order valence-corrected chi connectivity index (χ2v) is 6.80. The highest BCUT2D eigenvalue weighted by atomic mass is 35.5. The number of aliphatic hydroxyl groups is 1. The van der Waals surface area contributed by atoms with Gasteiger partial charge in [0.25, 0.3) is 0 Å². The summed E-state index contributed by atoms with van der Waals surface area (Å²) in [5.74, 6) is -0.720. The van der Waals surface area contributed by atoms with E-state index in [4.69, 9.17) is 26.8 Å². The standard InChI is InChI=1S/C20H25ClN2O5/c1-2-28-18(12-19(24)22-26)17(11-13-3-9-16(21)10-4-13)14-5-7-15(8-6-14)20(25)23-27/h3-10,17-18,20,23,25-27H,2,11-12H2,1H3,(H,22,24)/t17-,18-,20?/m1/s1. The Morgan fingerprint density at radius 3 is 2.21 bits per heavy atom. The van der Waals surface area contributed by atoms with E-state index in [0.717, 1.165) is 11.1 Å². The van der Waals surface area contributed by atoms with Gasteiger partial charge in [0.2, 0.25) is 5.91 Å². The molecule has 0 saturated heterocycles. The van der Waals surface area contributed by atoms with Gasteiger partial charge in [0.1, 0.15) is 0 Å². The van der Waals surface area contributed by atoms with Crippen molar-refractivity contribution < 1.29 is 25.1 Å². The van der Waals surface area contributed by atoms with Crippen LogP contribution in [0.5, 0.6) is 0 Å². The Kier molecular flexibility index (Phi) is 8.85. The summed E-state index contributed by atoms with van der Waals surface area (Å²) in [6, 6.07) is 14.4. The number of carbonyl (C=O) groups excluding carboxylic acids is 1. The van der Waals surface area contributed by atoms with Crippen LogP contribution in [0, 0.1) is 0 Å². The Hall–Kier alpha value is -2.00. The van der Waals surface area contributed by atoms with Crippen molar-refractivity contribution in [2.24, 2.45) is 0 Å². The van der Waals surface area contributed by atoms with Gasteiger partial charge < -0.3 is 15.1 Å². The lowest BCUT2D eigenvalue weighted by Gasteiger charge is -2.27. The minimum atomic E-state index is -1.19. The second-order valence-electron chi connectivity index (χ2n) is 6.37. The molecular formula is C20H25ClN2O5. The summed E-state index contributed by atoms with van der Waals surface area (Å²) in [6.07, 6.45) is -1.09. The topological polar surface area (TPSA) is 111 Å². The third kappa shape index (κ3) is 6.27. The Bertz CT molecular complexity index is 739. The van der Waals surface area contributed by atoms with Crippen LogP contribution >= 0.6 is 11.6 Å². The minimum absolute atomic E-state index is 0.00876. The average Bonchev–Trinajstić information content (AvgIpc) is 2.72. The van der Waals surface area contributed by atoms with E-state index < -0.39 is 18.2 Å². The number of aliphatic hydroxyl groups excluding tert-OH is 1. The zero-order chi connectivity index (χ0) is 20.5. The Labute approximate surface area is 168 Å². The first-order chi connectivity index (χ1) is 13.5. The maximum absolute atomic E-state index is 11.8. The molecule has 5 N–H and O–H groups in total. The van der Waals surface area contributed by atoms with Crippen molar-refractivity contribution >= 4 is 17.5 Å². The average molecular weight is 409 g/mol. The second kappa shape index (κ2) is 11.1. The molecule has 1 unspecified atom stereocenters. The molecule has 2 rings (SSSR count). The molecule has 0 aliphatic rings. The highest BCUT2D eigenvalue weighted by molar-refractivity contribution is 6.30. The van der Waals surface area contributed by atoms with Gasteiger partial charge in [-0.15, -0.1) is 0 Å². The lowest BCUT2D eigenvalue weighted by Crippen LogP contribution is -2.31. The highest BCUT2D eigenvalue weighted by Gasteiger charge is 2.27. The first-order valence-corrected chi connectivity index (χ1v) is 9.32. The molecule has 152 valence electrons. The van der Waals surface area contributed by atoms with Crippen molar-refractivity contribution in [3.8, 4) is 0 Å². The number of rotatable bonds is 10. The normalized spacial score (nSPS) is 14.3. The zero-order valence-corrected chi connectivity index (χ0v) is 16.3. The number of hydrogen-bond acceptors (Lipinski definition) is 6. The molecule has 28 heavy (non-hydrogen) atoms. The molecule has 3 atom stereocenters. The summed E-state index contributed by atoms with van der Waals surface area (Å²) in [4.78, 5) is 11.8. The lowest BCUT2D eigenvalue weighted by molar-refractivity contribution is -0.132. The van der Waals surface area contributed by atoms with E-state index in [0.29, 0.717) is 23.6 Å². The van der Waals surface area contributed by atoms with Crippen molar-refractivity contribution in [3.05, 3.63) is 70.2 Å². The SMILES string of the molecule is CCO[C@H](CC(=O)NO)[C@H](Cc1ccc(Cl)cc1)c1ccc(C(O)NO)cc1. The summed E-state index contributed by atoms with van der Waals surface area (Å²) in [5.41, 5.74) is 5.86. The van der Waals surface area contributed by atoms with Gasteiger partial charge >= 0.3 is 0 Å². The van der Waals surface area contributed by atoms with E-state index in [-0.39, 0.29) is 12.3 Å². The van der Waals surface area contributed by atoms with Crippen LogP contribution in [-0.2, 0) is 16.0 Å². The predicted molar refractivity (Wildman–Crippen MR) is 104 cm³/mol. The number of amides is 1. The molecule has 2 aromatic rings. The molecule has 0 fully saturated rings. The molecule has 0 aliphatic carbocycles. The fourth-order valence-corrected chi connectivity index (χ4v) is 3.22. The first-order valence-electron chi connectivity index (χ1n) is 8.95. The quantitative estimate of drug-likeness (QED) is 0.235. The highest BCUT2D eigenvalue weighted by Crippen LogP contribution is 2.30. The summed E-state index contributed by atoms with van der Waals surface area (Å²) >= 11 is 5.97. The number of benzene rings is 2. The van der Waals surface area contributed by atoms with Gasteiger partial charge in [-0.1, -0.05) is 48.0 Å². The Morgan fingerprint density at radius 2 is 1.68 bits per heavy atom. The van der Waals surface area contributed by atoms with Crippen molar-refractivity contribution in [3.63, 3.8) is 0 Å². The molecule has 0 spiro atoms. The van der Waals surface area contributed by atoms with Gasteiger partial charge in [-0.3, -0.25) is 10.0 Å². The van der Waals surface area contributed by atoms with Crippen molar-refractivity contribution in [1.29, 1.82) is 0 Å². The van der Waals surface area contributed by atoms with E-state index >= 15 is 0 Å². The molecule has 0 aliphatic heterocycles. The first kappa shape index (κ1) is 22.3. The third-order valence-electron chi connectivity index (χ3n) is 4.51. The fourth-order valence-electron chi connectivity index (χ4n) is 3.10. The van der Waals surface area contributed by atoms with Crippen molar-refractivity contribution in [1.82, 2.24) is 11.0 Å². The van der Waals surface area contributed by atoms with Gasteiger partial charge in [-0.25, -0.2) is 5.48 Å². The van der Waals surface area contributed by atoms with Crippen LogP contribution < -0.4 is 11.0 Å². The molecule has 2 aromatic carbocycles. The van der Waals surface area contributed by atoms with Gasteiger partial charge in [0.05, 0.1) is 12.5 Å². The maximum Gasteiger partial charge on any atom is 0.245 e. The van der Waals surface area contributed by atoms with Crippen LogP contribution in [0.3, 0.4) is 0 Å². The molecule has 1 amide bonds. The molecule has 8 heteroatoms. The van der Waals surface area contributed by atoms with Crippen LogP contribution in [0.1, 0.15) is 42.2 Å². The minimum Gasteiger partial charge on any atom is -0.377 e. The number of hydroxylamine groups is 2. The molecule has 0 aromatic heterocycles. The van der Waals surface area contributed by atoms with Gasteiger partial charge in [0, 0.05) is 17.5 Å². The summed E-state index contributed by atoms with van der Waals surface area (Å²) in [7, 11) is 0. The Morgan fingerprint density at radius 1 is 1.07 bits per heavy atom. The molecule has 0 saturated carbocycles.